The molecule has 2 aromatic rings. The van der Waals surface area contributed by atoms with E-state index in [4.69, 9.17) is 23.2 Å². The van der Waals surface area contributed by atoms with Gasteiger partial charge in [0.05, 0.1) is 6.04 Å². The number of hydrazine groups is 1. The molecule has 198 valence electrons. The zero-order valence-electron chi connectivity index (χ0n) is 21.9. The number of halogens is 1. The molecule has 2 aliphatic rings. The lowest BCUT2D eigenvalue weighted by Crippen LogP contribution is -2.45. The summed E-state index contributed by atoms with van der Waals surface area (Å²) in [5.74, 6) is 5.48. The van der Waals surface area contributed by atoms with Crippen molar-refractivity contribution in [3.8, 4) is 5.75 Å². The minimum Gasteiger partial charge on any atom is -0.508 e. The molecular formula is C28H43ClN6O. The lowest BCUT2D eigenvalue weighted by Gasteiger charge is -2.45. The summed E-state index contributed by atoms with van der Waals surface area (Å²) in [6.07, 6.45) is 7.34. The lowest BCUT2D eigenvalue weighted by atomic mass is 9.91. The van der Waals surface area contributed by atoms with E-state index in [0.29, 0.717) is 23.7 Å². The smallest absolute Gasteiger partial charge is 0.118 e. The topological polar surface area (TPSA) is 103 Å². The van der Waals surface area contributed by atoms with Crippen LogP contribution in [0.25, 0.3) is 0 Å². The number of phenolic OH excluding ortho intramolecular Hbond substituents is 1. The molecule has 1 aliphatic carbocycles. The van der Waals surface area contributed by atoms with E-state index < -0.39 is 0 Å². The quantitative estimate of drug-likeness (QED) is 0.171. The Bertz CT molecular complexity index is 929. The zero-order valence-corrected chi connectivity index (χ0v) is 22.7. The number of allylic oxidation sites excluding steroid dienone is 1. The lowest BCUT2D eigenvalue weighted by molar-refractivity contribution is 0.108. The van der Waals surface area contributed by atoms with E-state index in [1.54, 1.807) is 6.92 Å². The number of benzene rings is 2. The number of piperidine rings is 1. The molecular weight excluding hydrogens is 472 g/mol. The van der Waals surface area contributed by atoms with Crippen LogP contribution in [0.3, 0.4) is 0 Å². The summed E-state index contributed by atoms with van der Waals surface area (Å²) in [6.45, 7) is 9.43. The minimum atomic E-state index is 0.343. The molecule has 2 atom stereocenters. The summed E-state index contributed by atoms with van der Waals surface area (Å²) in [4.78, 5) is 5.11. The standard InChI is InChI=1S/C20H30N2O.C6H5Cl.C2H8N4/c1-4-17(14-21(3)18-10-11-18)22-15(2)6-5-7-20(22)16-8-12-19(23)13-9-16;7-6-4-2-1-3-5-6;1-2(3)5-6-4/h8-9,12-13,17-18,20,23H,2,4-7,10-11,14H2,1,3H3;1-5H;6H,4H2,1H3,(H2,3,5). The van der Waals surface area contributed by atoms with E-state index in [9.17, 15) is 5.11 Å². The Morgan fingerprint density at radius 2 is 1.83 bits per heavy atom. The molecule has 0 spiro atoms. The van der Waals surface area contributed by atoms with E-state index in [1.807, 2.05) is 48.0 Å². The molecule has 8 heteroatoms. The maximum Gasteiger partial charge on any atom is 0.118 e. The number of nitrogens with one attached hydrogen (secondary N) is 1. The van der Waals surface area contributed by atoms with Crippen molar-refractivity contribution >= 4 is 17.4 Å². The summed E-state index contributed by atoms with van der Waals surface area (Å²) in [7, 11) is 2.27. The van der Waals surface area contributed by atoms with Crippen molar-refractivity contribution in [2.75, 3.05) is 13.6 Å². The van der Waals surface area contributed by atoms with Gasteiger partial charge in [-0.15, -0.1) is 0 Å². The van der Waals surface area contributed by atoms with Gasteiger partial charge < -0.3 is 20.6 Å². The van der Waals surface area contributed by atoms with E-state index in [-0.39, 0.29) is 0 Å². The summed E-state index contributed by atoms with van der Waals surface area (Å²) in [5.41, 5.74) is 9.63. The molecule has 2 unspecified atom stereocenters. The van der Waals surface area contributed by atoms with Crippen LogP contribution in [0.2, 0.25) is 5.02 Å². The molecule has 2 aromatic carbocycles. The van der Waals surface area contributed by atoms with E-state index in [0.717, 1.165) is 30.5 Å². The van der Waals surface area contributed by atoms with E-state index in [2.05, 4.69) is 47.6 Å². The van der Waals surface area contributed by atoms with Crippen molar-refractivity contribution in [3.05, 3.63) is 77.5 Å². The van der Waals surface area contributed by atoms with Crippen molar-refractivity contribution in [2.24, 2.45) is 16.7 Å². The second kappa shape index (κ2) is 15.4. The first-order chi connectivity index (χ1) is 17.3. The predicted molar refractivity (Wildman–Crippen MR) is 151 cm³/mol. The number of aromatic hydroxyl groups is 1. The third-order valence-electron chi connectivity index (χ3n) is 6.43. The van der Waals surface area contributed by atoms with Crippen LogP contribution in [0.1, 0.15) is 64.0 Å². The van der Waals surface area contributed by atoms with Gasteiger partial charge in [-0.3, -0.25) is 0 Å². The second-order valence-corrected chi connectivity index (χ2v) is 9.82. The molecule has 2 fully saturated rings. The molecule has 6 N–H and O–H groups in total. The molecule has 7 nitrogen and oxygen atoms in total. The molecule has 0 bridgehead atoms. The first kappa shape index (κ1) is 29.5. The highest BCUT2D eigenvalue weighted by molar-refractivity contribution is 6.30. The molecule has 4 rings (SSSR count). The van der Waals surface area contributed by atoms with Crippen molar-refractivity contribution in [2.45, 2.75) is 70.5 Å². The van der Waals surface area contributed by atoms with Gasteiger partial charge in [0.1, 0.15) is 11.6 Å². The summed E-state index contributed by atoms with van der Waals surface area (Å²) in [6, 6.07) is 18.9. The summed E-state index contributed by atoms with van der Waals surface area (Å²) >= 11 is 5.54. The Morgan fingerprint density at radius 3 is 2.28 bits per heavy atom. The first-order valence-electron chi connectivity index (χ1n) is 12.7. The monoisotopic (exact) mass is 514 g/mol. The fourth-order valence-corrected chi connectivity index (χ4v) is 4.60. The SMILES string of the molecule is C/C(N)=N/NN.C=C1CCCC(c2ccc(O)cc2)N1C(CC)CN(C)C1CC1.Clc1ccccc1. The van der Waals surface area contributed by atoms with E-state index >= 15 is 0 Å². The van der Waals surface area contributed by atoms with Crippen LogP contribution in [-0.4, -0.2) is 46.4 Å². The van der Waals surface area contributed by atoms with Gasteiger partial charge in [0, 0.05) is 29.3 Å². The minimum absolute atomic E-state index is 0.343. The van der Waals surface area contributed by atoms with Crippen LogP contribution in [0, 0.1) is 0 Å². The van der Waals surface area contributed by atoms with Gasteiger partial charge in [-0.25, -0.2) is 11.4 Å². The summed E-state index contributed by atoms with van der Waals surface area (Å²) in [5, 5.41) is 13.7. The maximum absolute atomic E-state index is 9.58. The van der Waals surface area contributed by atoms with Crippen molar-refractivity contribution in [1.29, 1.82) is 0 Å². The number of hydrazone groups is 1. The average Bonchev–Trinajstić information content (AvgIpc) is 3.70. The molecule has 0 amide bonds. The Morgan fingerprint density at radius 1 is 1.19 bits per heavy atom. The Hall–Kier alpha value is -2.74. The number of phenols is 1. The number of hydrogen-bond donors (Lipinski definition) is 4. The maximum atomic E-state index is 9.58. The highest BCUT2D eigenvalue weighted by Crippen LogP contribution is 2.39. The molecule has 36 heavy (non-hydrogen) atoms. The average molecular weight is 515 g/mol. The number of likely N-dealkylation sites (N-methyl/N-ethyl adjacent to an activating group) is 1. The van der Waals surface area contributed by atoms with Gasteiger partial charge in [0.25, 0.3) is 0 Å². The van der Waals surface area contributed by atoms with Gasteiger partial charge in [0.2, 0.25) is 0 Å². The van der Waals surface area contributed by atoms with Crippen molar-refractivity contribution < 1.29 is 5.11 Å². The zero-order chi connectivity index (χ0) is 26.5. The molecule has 0 aromatic heterocycles. The van der Waals surface area contributed by atoms with Crippen LogP contribution in [0.15, 0.2) is 72.0 Å². The number of nitrogens with two attached hydrogens (primary N) is 2. The number of rotatable bonds is 7. The third-order valence-corrected chi connectivity index (χ3v) is 6.68. The Balaban J connectivity index is 0.000000288. The number of likely N-dealkylation sites (tertiary alicyclic amines) is 1. The van der Waals surface area contributed by atoms with Gasteiger partial charge in [-0.1, -0.05) is 55.4 Å². The number of amidine groups is 1. The fraction of sp³-hybridized carbons (Fsp3) is 0.464. The van der Waals surface area contributed by atoms with Gasteiger partial charge >= 0.3 is 0 Å². The van der Waals surface area contributed by atoms with Crippen molar-refractivity contribution in [3.63, 3.8) is 0 Å². The molecule has 1 saturated heterocycles. The highest BCUT2D eigenvalue weighted by atomic mass is 35.5. The molecule has 1 heterocycles. The third kappa shape index (κ3) is 10.1. The normalized spacial score (nSPS) is 18.5. The first-order valence-corrected chi connectivity index (χ1v) is 13.1. The van der Waals surface area contributed by atoms with Gasteiger partial charge in [-0.05, 0) is 82.3 Å². The number of hydrogen-bond acceptors (Lipinski definition) is 6. The highest BCUT2D eigenvalue weighted by Gasteiger charge is 2.34. The van der Waals surface area contributed by atoms with Crippen molar-refractivity contribution in [1.82, 2.24) is 15.3 Å². The van der Waals surface area contributed by atoms with Crippen LogP contribution < -0.4 is 17.1 Å². The van der Waals surface area contributed by atoms with Gasteiger partial charge in [-0.2, -0.15) is 5.10 Å². The van der Waals surface area contributed by atoms with Gasteiger partial charge in [0.15, 0.2) is 0 Å². The van der Waals surface area contributed by atoms with Crippen LogP contribution in [-0.2, 0) is 0 Å². The molecule has 1 aliphatic heterocycles. The second-order valence-electron chi connectivity index (χ2n) is 9.38. The predicted octanol–water partition coefficient (Wildman–Crippen LogP) is 5.39. The van der Waals surface area contributed by atoms with E-state index in [1.165, 1.54) is 36.9 Å². The van der Waals surface area contributed by atoms with Crippen LogP contribution in [0.5, 0.6) is 5.75 Å². The largest absolute Gasteiger partial charge is 0.508 e. The Kier molecular flexibility index (Phi) is 12.6. The fourth-order valence-electron chi connectivity index (χ4n) is 4.45. The van der Waals surface area contributed by atoms with Crippen LogP contribution >= 0.6 is 11.6 Å². The molecule has 0 radical (unpaired) electrons. The summed E-state index contributed by atoms with van der Waals surface area (Å²) < 4.78 is 0. The molecule has 1 saturated carbocycles. The number of nitrogens with zero attached hydrogens (tertiary/aromatic N) is 3. The van der Waals surface area contributed by atoms with Crippen LogP contribution in [0.4, 0.5) is 0 Å². The Labute approximate surface area is 221 Å².